The Balaban J connectivity index is 1.97. The van der Waals surface area contributed by atoms with Crippen molar-refractivity contribution in [1.29, 1.82) is 0 Å². The van der Waals surface area contributed by atoms with Gasteiger partial charge in [0.15, 0.2) is 0 Å². The topological polar surface area (TPSA) is 132 Å². The summed E-state index contributed by atoms with van der Waals surface area (Å²) in [6, 6.07) is 7.73. The molecule has 1 aromatic carbocycles. The summed E-state index contributed by atoms with van der Waals surface area (Å²) in [6.07, 6.45) is 0. The fraction of sp³-hybridized carbons (Fsp3) is 0.429. The first-order valence-electron chi connectivity index (χ1n) is 10.1. The van der Waals surface area contributed by atoms with Crippen molar-refractivity contribution in [1.82, 2.24) is 19.7 Å². The van der Waals surface area contributed by atoms with Crippen molar-refractivity contribution in [3.63, 3.8) is 0 Å². The van der Waals surface area contributed by atoms with Gasteiger partial charge in [0.1, 0.15) is 11.5 Å². The monoisotopic (exact) mass is 428 g/mol. The lowest BCUT2D eigenvalue weighted by Crippen LogP contribution is -2.40. The summed E-state index contributed by atoms with van der Waals surface area (Å²) in [4.78, 5) is 29.0. The smallest absolute Gasteiger partial charge is 0.330 e. The Bertz CT molecular complexity index is 1150. The van der Waals surface area contributed by atoms with Crippen LogP contribution in [0.5, 0.6) is 0 Å². The summed E-state index contributed by atoms with van der Waals surface area (Å²) in [6.45, 7) is 7.09. The number of nitrogens with zero attached hydrogens (tertiary/aromatic N) is 4. The Labute approximate surface area is 179 Å². The molecule has 0 spiro atoms. The summed E-state index contributed by atoms with van der Waals surface area (Å²) >= 11 is 0. The van der Waals surface area contributed by atoms with Crippen LogP contribution in [-0.4, -0.2) is 40.0 Å². The molecule has 0 aliphatic heterocycles. The summed E-state index contributed by atoms with van der Waals surface area (Å²) in [7, 11) is 1.56. The van der Waals surface area contributed by atoms with Crippen molar-refractivity contribution in [2.24, 2.45) is 5.92 Å². The molecule has 10 heteroatoms. The molecule has 10 nitrogen and oxygen atoms in total. The van der Waals surface area contributed by atoms with E-state index in [4.69, 9.17) is 14.9 Å². The number of ether oxygens (including phenoxy) is 1. The number of anilines is 2. The molecule has 0 bridgehead atoms. The maximum atomic E-state index is 12.7. The van der Waals surface area contributed by atoms with Gasteiger partial charge >= 0.3 is 5.69 Å². The SMILES string of the molecule is COCCN(Cc1nnc(-c2cccc(C)c2)o1)c1c(N)n(CC(C)C)c(=O)[nH]c1=O. The van der Waals surface area contributed by atoms with Gasteiger partial charge in [-0.1, -0.05) is 31.5 Å². The first kappa shape index (κ1) is 22.3. The van der Waals surface area contributed by atoms with Gasteiger partial charge in [0.25, 0.3) is 5.56 Å². The zero-order chi connectivity index (χ0) is 22.5. The number of aryl methyl sites for hydroxylation is 1. The normalized spacial score (nSPS) is 11.3. The van der Waals surface area contributed by atoms with E-state index in [1.165, 1.54) is 4.57 Å². The van der Waals surface area contributed by atoms with E-state index in [1.54, 1.807) is 12.0 Å². The third kappa shape index (κ3) is 5.21. The number of nitrogen functional groups attached to an aromatic ring is 1. The highest BCUT2D eigenvalue weighted by atomic mass is 16.5. The van der Waals surface area contributed by atoms with Crippen LogP contribution in [0, 0.1) is 12.8 Å². The Hall–Kier alpha value is -3.40. The predicted molar refractivity (Wildman–Crippen MR) is 118 cm³/mol. The molecule has 31 heavy (non-hydrogen) atoms. The van der Waals surface area contributed by atoms with E-state index in [2.05, 4.69) is 15.2 Å². The van der Waals surface area contributed by atoms with Crippen molar-refractivity contribution >= 4 is 11.5 Å². The van der Waals surface area contributed by atoms with Crippen LogP contribution >= 0.6 is 0 Å². The second-order valence-electron chi connectivity index (χ2n) is 7.78. The molecule has 2 heterocycles. The average molecular weight is 428 g/mol. The van der Waals surface area contributed by atoms with E-state index in [9.17, 15) is 9.59 Å². The van der Waals surface area contributed by atoms with Gasteiger partial charge in [-0.3, -0.25) is 14.3 Å². The minimum atomic E-state index is -0.572. The maximum Gasteiger partial charge on any atom is 0.330 e. The Morgan fingerprint density at radius 2 is 2.06 bits per heavy atom. The van der Waals surface area contributed by atoms with E-state index in [0.717, 1.165) is 11.1 Å². The molecule has 0 amide bonds. The van der Waals surface area contributed by atoms with Crippen molar-refractivity contribution in [3.8, 4) is 11.5 Å². The van der Waals surface area contributed by atoms with Crippen LogP contribution in [0.3, 0.4) is 0 Å². The molecule has 3 rings (SSSR count). The molecule has 0 unspecified atom stereocenters. The van der Waals surface area contributed by atoms with Crippen molar-refractivity contribution in [2.45, 2.75) is 33.9 Å². The minimum absolute atomic E-state index is 0.0944. The number of hydrogen-bond acceptors (Lipinski definition) is 8. The summed E-state index contributed by atoms with van der Waals surface area (Å²) in [5, 5.41) is 8.25. The standard InChI is InChI=1S/C21H28N6O4/c1-13(2)11-27-18(22)17(19(28)23-21(27)29)26(8-9-30-4)12-16-24-25-20(31-16)15-7-5-6-14(3)10-15/h5-7,10,13H,8-9,11-12,22H2,1-4H3,(H,23,28,29). The summed E-state index contributed by atoms with van der Waals surface area (Å²) in [5.74, 6) is 0.959. The van der Waals surface area contributed by atoms with Crippen molar-refractivity contribution in [3.05, 3.63) is 56.6 Å². The third-order valence-electron chi connectivity index (χ3n) is 4.70. The zero-order valence-electron chi connectivity index (χ0n) is 18.2. The van der Waals surface area contributed by atoms with Gasteiger partial charge in [-0.05, 0) is 25.0 Å². The van der Waals surface area contributed by atoms with E-state index in [-0.39, 0.29) is 24.0 Å². The molecular formula is C21H28N6O4. The summed E-state index contributed by atoms with van der Waals surface area (Å²) < 4.78 is 12.4. The predicted octanol–water partition coefficient (Wildman–Crippen LogP) is 1.79. The molecule has 0 atom stereocenters. The fourth-order valence-electron chi connectivity index (χ4n) is 3.28. The molecule has 0 fully saturated rings. The number of rotatable bonds is 9. The van der Waals surface area contributed by atoms with Crippen LogP contribution in [0.25, 0.3) is 11.5 Å². The van der Waals surface area contributed by atoms with Gasteiger partial charge in [-0.2, -0.15) is 0 Å². The quantitative estimate of drug-likeness (QED) is 0.527. The van der Waals surface area contributed by atoms with E-state index in [0.29, 0.717) is 31.5 Å². The average Bonchev–Trinajstić information content (AvgIpc) is 3.17. The molecule has 0 aliphatic carbocycles. The molecule has 2 aromatic heterocycles. The number of nitrogens with one attached hydrogen (secondary N) is 1. The zero-order valence-corrected chi connectivity index (χ0v) is 18.2. The van der Waals surface area contributed by atoms with Gasteiger partial charge in [-0.25, -0.2) is 4.79 Å². The van der Waals surface area contributed by atoms with Gasteiger partial charge < -0.3 is 19.8 Å². The molecule has 0 saturated heterocycles. The fourth-order valence-corrected chi connectivity index (χ4v) is 3.28. The lowest BCUT2D eigenvalue weighted by Gasteiger charge is -2.25. The Morgan fingerprint density at radius 1 is 1.29 bits per heavy atom. The van der Waals surface area contributed by atoms with Crippen molar-refractivity contribution < 1.29 is 9.15 Å². The van der Waals surface area contributed by atoms with Gasteiger partial charge in [-0.15, -0.1) is 10.2 Å². The van der Waals surface area contributed by atoms with Crippen LogP contribution < -0.4 is 21.9 Å². The van der Waals surface area contributed by atoms with Gasteiger partial charge in [0.2, 0.25) is 11.8 Å². The number of H-pyrrole nitrogens is 1. The first-order valence-corrected chi connectivity index (χ1v) is 10.1. The van der Waals surface area contributed by atoms with Crippen LogP contribution in [0.15, 0.2) is 38.3 Å². The Kier molecular flexibility index (Phi) is 6.91. The summed E-state index contributed by atoms with van der Waals surface area (Å²) in [5.41, 5.74) is 7.22. The van der Waals surface area contributed by atoms with Crippen LogP contribution in [0.4, 0.5) is 11.5 Å². The van der Waals surface area contributed by atoms with Crippen LogP contribution in [0.2, 0.25) is 0 Å². The van der Waals surface area contributed by atoms with Crippen LogP contribution in [-0.2, 0) is 17.8 Å². The number of methoxy groups -OCH3 is 1. The molecule has 0 saturated carbocycles. The van der Waals surface area contributed by atoms with Crippen molar-refractivity contribution in [2.75, 3.05) is 30.9 Å². The number of aromatic amines is 1. The van der Waals surface area contributed by atoms with Gasteiger partial charge in [0.05, 0.1) is 13.2 Å². The van der Waals surface area contributed by atoms with E-state index >= 15 is 0 Å². The van der Waals surface area contributed by atoms with Gasteiger partial charge in [0, 0.05) is 25.8 Å². The molecular weight excluding hydrogens is 400 g/mol. The largest absolute Gasteiger partial charge is 0.419 e. The van der Waals surface area contributed by atoms with E-state index in [1.807, 2.05) is 45.0 Å². The number of nitrogens with two attached hydrogens (primary N) is 1. The molecule has 0 aliphatic rings. The lowest BCUT2D eigenvalue weighted by atomic mass is 10.1. The van der Waals surface area contributed by atoms with Crippen LogP contribution in [0.1, 0.15) is 25.3 Å². The molecule has 3 aromatic rings. The molecule has 166 valence electrons. The number of aromatic nitrogens is 4. The second kappa shape index (κ2) is 9.61. The highest BCUT2D eigenvalue weighted by Crippen LogP contribution is 2.22. The minimum Gasteiger partial charge on any atom is -0.419 e. The maximum absolute atomic E-state index is 12.7. The lowest BCUT2D eigenvalue weighted by molar-refractivity contribution is 0.204. The third-order valence-corrected chi connectivity index (χ3v) is 4.70. The Morgan fingerprint density at radius 3 is 2.74 bits per heavy atom. The number of benzene rings is 1. The molecule has 3 N–H and O–H groups in total. The molecule has 0 radical (unpaired) electrons. The second-order valence-corrected chi connectivity index (χ2v) is 7.78. The highest BCUT2D eigenvalue weighted by Gasteiger charge is 2.22. The van der Waals surface area contributed by atoms with E-state index < -0.39 is 11.2 Å². The number of hydrogen-bond donors (Lipinski definition) is 2. The highest BCUT2D eigenvalue weighted by molar-refractivity contribution is 5.62. The first-order chi connectivity index (χ1) is 14.8.